The van der Waals surface area contributed by atoms with Crippen molar-refractivity contribution in [3.8, 4) is 0 Å². The van der Waals surface area contributed by atoms with Crippen LogP contribution in [0.4, 0.5) is 5.69 Å². The fourth-order valence-electron chi connectivity index (χ4n) is 3.93. The molecule has 1 aliphatic heterocycles. The van der Waals surface area contributed by atoms with Crippen LogP contribution in [0.5, 0.6) is 0 Å². The number of anilines is 1. The molecule has 0 aromatic heterocycles. The van der Waals surface area contributed by atoms with Gasteiger partial charge in [0.15, 0.2) is 0 Å². The van der Waals surface area contributed by atoms with Gasteiger partial charge < -0.3 is 10.1 Å². The van der Waals surface area contributed by atoms with Gasteiger partial charge in [-0.25, -0.2) is 8.42 Å². The van der Waals surface area contributed by atoms with Crippen LogP contribution >= 0.6 is 0 Å². The quantitative estimate of drug-likeness (QED) is 0.656. The van der Waals surface area contributed by atoms with E-state index in [4.69, 9.17) is 4.74 Å². The molecule has 4 rings (SSSR count). The highest BCUT2D eigenvalue weighted by atomic mass is 32.2. The summed E-state index contributed by atoms with van der Waals surface area (Å²) in [5, 5.41) is 2.87. The highest BCUT2D eigenvalue weighted by Crippen LogP contribution is 2.29. The summed E-state index contributed by atoms with van der Waals surface area (Å²) in [5.41, 5.74) is 1.98. The monoisotopic (exact) mass is 442 g/mol. The minimum absolute atomic E-state index is 0.0268. The van der Waals surface area contributed by atoms with E-state index in [0.717, 1.165) is 31.4 Å². The maximum atomic E-state index is 13.1. The second-order valence-electron chi connectivity index (χ2n) is 8.60. The second kappa shape index (κ2) is 9.51. The predicted molar refractivity (Wildman–Crippen MR) is 120 cm³/mol. The zero-order chi connectivity index (χ0) is 21.8. The van der Waals surface area contributed by atoms with E-state index in [2.05, 4.69) is 5.32 Å². The van der Waals surface area contributed by atoms with Gasteiger partial charge in [-0.3, -0.25) is 4.79 Å². The molecule has 0 spiro atoms. The van der Waals surface area contributed by atoms with Crippen LogP contribution < -0.4 is 5.32 Å². The van der Waals surface area contributed by atoms with Crippen molar-refractivity contribution in [2.45, 2.75) is 56.6 Å². The Labute approximate surface area is 184 Å². The third-order valence-electron chi connectivity index (χ3n) is 5.95. The Hall–Kier alpha value is -2.22. The van der Waals surface area contributed by atoms with E-state index >= 15 is 0 Å². The molecule has 1 saturated heterocycles. The van der Waals surface area contributed by atoms with Crippen molar-refractivity contribution in [2.24, 2.45) is 5.92 Å². The van der Waals surface area contributed by atoms with Gasteiger partial charge in [0.2, 0.25) is 10.0 Å². The Bertz CT molecular complexity index is 1030. The second-order valence-corrected chi connectivity index (χ2v) is 10.5. The lowest BCUT2D eigenvalue weighted by molar-refractivity contribution is 0.102. The van der Waals surface area contributed by atoms with Crippen LogP contribution in [0, 0.1) is 5.92 Å². The summed E-state index contributed by atoms with van der Waals surface area (Å²) in [6.45, 7) is 3.76. The van der Waals surface area contributed by atoms with Crippen LogP contribution in [-0.2, 0) is 21.4 Å². The van der Waals surface area contributed by atoms with Crippen LogP contribution in [0.1, 0.15) is 54.9 Å². The number of sulfonamides is 1. The van der Waals surface area contributed by atoms with Crippen molar-refractivity contribution < 1.29 is 17.9 Å². The first-order valence-electron chi connectivity index (χ1n) is 11.0. The molecule has 1 unspecified atom stereocenters. The lowest BCUT2D eigenvalue weighted by atomic mass is 10.1. The Kier molecular flexibility index (Phi) is 6.74. The van der Waals surface area contributed by atoms with E-state index < -0.39 is 10.0 Å². The molecule has 0 bridgehead atoms. The normalized spacial score (nSPS) is 19.8. The summed E-state index contributed by atoms with van der Waals surface area (Å²) >= 11 is 0. The van der Waals surface area contributed by atoms with Gasteiger partial charge in [-0.1, -0.05) is 24.6 Å². The Morgan fingerprint density at radius 1 is 1.10 bits per heavy atom. The zero-order valence-electron chi connectivity index (χ0n) is 17.9. The molecule has 7 heteroatoms. The first-order valence-corrected chi connectivity index (χ1v) is 12.5. The summed E-state index contributed by atoms with van der Waals surface area (Å²) in [4.78, 5) is 13.0. The smallest absolute Gasteiger partial charge is 0.255 e. The number of benzene rings is 2. The van der Waals surface area contributed by atoms with Crippen LogP contribution in [-0.4, -0.2) is 37.8 Å². The van der Waals surface area contributed by atoms with E-state index in [0.29, 0.717) is 30.3 Å². The van der Waals surface area contributed by atoms with Gasteiger partial charge in [-0.05, 0) is 74.4 Å². The lowest BCUT2D eigenvalue weighted by Crippen LogP contribution is -2.41. The Morgan fingerprint density at radius 2 is 1.90 bits per heavy atom. The minimum Gasteiger partial charge on any atom is -0.376 e. The zero-order valence-corrected chi connectivity index (χ0v) is 18.7. The van der Waals surface area contributed by atoms with Gasteiger partial charge in [0.05, 0.1) is 11.5 Å². The van der Waals surface area contributed by atoms with Gasteiger partial charge in [0.25, 0.3) is 5.91 Å². The highest BCUT2D eigenvalue weighted by molar-refractivity contribution is 7.89. The lowest BCUT2D eigenvalue weighted by Gasteiger charge is -2.32. The third kappa shape index (κ3) is 5.53. The molecular formula is C24H30N2O4S. The molecule has 31 heavy (non-hydrogen) atoms. The first-order chi connectivity index (χ1) is 14.9. The summed E-state index contributed by atoms with van der Waals surface area (Å²) < 4.78 is 33.5. The summed E-state index contributed by atoms with van der Waals surface area (Å²) in [6.07, 6.45) is 5.27. The molecule has 2 aliphatic rings. The SMILES string of the molecule is CC1CCCCN1S(=O)(=O)c1cccc(C(=O)Nc2cccc(COCC3CC3)c2)c1. The number of nitrogens with zero attached hydrogens (tertiary/aromatic N) is 1. The molecule has 1 amide bonds. The third-order valence-corrected chi connectivity index (χ3v) is 7.96. The minimum atomic E-state index is -3.62. The van der Waals surface area contributed by atoms with Crippen LogP contribution in [0.25, 0.3) is 0 Å². The van der Waals surface area contributed by atoms with Gasteiger partial charge in [0, 0.05) is 30.4 Å². The van der Waals surface area contributed by atoms with Crippen LogP contribution in [0.2, 0.25) is 0 Å². The number of rotatable bonds is 8. The topological polar surface area (TPSA) is 75.7 Å². The molecule has 2 aromatic rings. The van der Waals surface area contributed by atoms with E-state index in [1.165, 1.54) is 18.9 Å². The number of piperidine rings is 1. The molecular weight excluding hydrogens is 412 g/mol. The van der Waals surface area contributed by atoms with E-state index in [9.17, 15) is 13.2 Å². The molecule has 2 fully saturated rings. The highest BCUT2D eigenvalue weighted by Gasteiger charge is 2.31. The predicted octanol–water partition coefficient (Wildman–Crippen LogP) is 4.43. The Balaban J connectivity index is 1.44. The van der Waals surface area contributed by atoms with Gasteiger partial charge in [-0.2, -0.15) is 4.31 Å². The molecule has 166 valence electrons. The molecule has 1 N–H and O–H groups in total. The molecule has 2 aromatic carbocycles. The van der Waals surface area contributed by atoms with Crippen LogP contribution in [0.15, 0.2) is 53.4 Å². The van der Waals surface area contributed by atoms with Crippen molar-refractivity contribution in [3.63, 3.8) is 0 Å². The molecule has 1 atom stereocenters. The fraction of sp³-hybridized carbons (Fsp3) is 0.458. The molecule has 1 heterocycles. The number of ether oxygens (including phenoxy) is 1. The fourth-order valence-corrected chi connectivity index (χ4v) is 5.68. The number of carbonyl (C=O) groups excluding carboxylic acids is 1. The number of carbonyl (C=O) groups is 1. The van der Waals surface area contributed by atoms with Crippen molar-refractivity contribution >= 4 is 21.6 Å². The number of amides is 1. The maximum Gasteiger partial charge on any atom is 0.255 e. The summed E-state index contributed by atoms with van der Waals surface area (Å²) in [7, 11) is -3.62. The summed E-state index contributed by atoms with van der Waals surface area (Å²) in [5.74, 6) is 0.374. The standard InChI is InChI=1S/C24H30N2O4S/c1-18-6-2-3-13-26(18)31(28,29)23-10-5-8-21(15-23)24(27)25-22-9-4-7-20(14-22)17-30-16-19-11-12-19/h4-5,7-10,14-15,18-19H,2-3,6,11-13,16-17H2,1H3,(H,25,27). The van der Waals surface area contributed by atoms with Crippen molar-refractivity contribution in [2.75, 3.05) is 18.5 Å². The van der Waals surface area contributed by atoms with Crippen molar-refractivity contribution in [1.29, 1.82) is 0 Å². The first kappa shape index (κ1) is 22.0. The molecule has 1 saturated carbocycles. The van der Waals surface area contributed by atoms with Crippen LogP contribution in [0.3, 0.4) is 0 Å². The maximum absolute atomic E-state index is 13.1. The molecule has 1 aliphatic carbocycles. The summed E-state index contributed by atoms with van der Waals surface area (Å²) in [6, 6.07) is 13.8. The van der Waals surface area contributed by atoms with Gasteiger partial charge in [0.1, 0.15) is 0 Å². The largest absolute Gasteiger partial charge is 0.376 e. The number of hydrogen-bond acceptors (Lipinski definition) is 4. The number of hydrogen-bond donors (Lipinski definition) is 1. The average molecular weight is 443 g/mol. The van der Waals surface area contributed by atoms with E-state index in [-0.39, 0.29) is 16.8 Å². The van der Waals surface area contributed by atoms with E-state index in [1.807, 2.05) is 31.2 Å². The molecule has 6 nitrogen and oxygen atoms in total. The van der Waals surface area contributed by atoms with E-state index in [1.54, 1.807) is 22.5 Å². The number of nitrogens with one attached hydrogen (secondary N) is 1. The van der Waals surface area contributed by atoms with Gasteiger partial charge in [-0.15, -0.1) is 0 Å². The van der Waals surface area contributed by atoms with Gasteiger partial charge >= 0.3 is 0 Å². The molecule has 0 radical (unpaired) electrons. The van der Waals surface area contributed by atoms with Crippen molar-refractivity contribution in [3.05, 3.63) is 59.7 Å². The average Bonchev–Trinajstić information content (AvgIpc) is 3.59. The van der Waals surface area contributed by atoms with Crippen molar-refractivity contribution in [1.82, 2.24) is 4.31 Å². The Morgan fingerprint density at radius 3 is 2.68 bits per heavy atom.